The van der Waals surface area contributed by atoms with E-state index in [2.05, 4.69) is 15.4 Å². The van der Waals surface area contributed by atoms with Crippen molar-refractivity contribution in [2.75, 3.05) is 18.4 Å². The van der Waals surface area contributed by atoms with E-state index in [9.17, 15) is 18.3 Å². The predicted octanol–water partition coefficient (Wildman–Crippen LogP) is 5.50. The van der Waals surface area contributed by atoms with Crippen molar-refractivity contribution >= 4 is 56.3 Å². The number of aliphatic hydroxyl groups excluding tert-OH is 1. The summed E-state index contributed by atoms with van der Waals surface area (Å²) in [6.45, 7) is 0.0802. The lowest BCUT2D eigenvalue weighted by Gasteiger charge is -2.27. The van der Waals surface area contributed by atoms with Crippen LogP contribution in [0.3, 0.4) is 0 Å². The molecule has 0 bridgehead atoms. The molecular weight excluding hydrogens is 557 g/mol. The van der Waals surface area contributed by atoms with E-state index in [0.29, 0.717) is 34.3 Å². The fourth-order valence-electron chi connectivity index (χ4n) is 3.96. The van der Waals surface area contributed by atoms with E-state index in [0.717, 1.165) is 34.6 Å². The number of benzene rings is 2. The van der Waals surface area contributed by atoms with Crippen LogP contribution in [0.4, 0.5) is 10.5 Å². The normalized spacial score (nSPS) is 17.8. The van der Waals surface area contributed by atoms with Crippen LogP contribution in [-0.2, 0) is 10.0 Å². The van der Waals surface area contributed by atoms with Crippen LogP contribution >= 0.6 is 34.5 Å². The van der Waals surface area contributed by atoms with Crippen LogP contribution in [0.25, 0.3) is 10.4 Å². The predicted molar refractivity (Wildman–Crippen MR) is 147 cm³/mol. The average molecular weight is 585 g/mol. The van der Waals surface area contributed by atoms with Gasteiger partial charge < -0.3 is 20.5 Å². The summed E-state index contributed by atoms with van der Waals surface area (Å²) in [4.78, 5) is 12.8. The third-order valence-corrected chi connectivity index (χ3v) is 9.27. The van der Waals surface area contributed by atoms with Gasteiger partial charge in [-0.05, 0) is 68.1 Å². The highest BCUT2D eigenvalue weighted by Crippen LogP contribution is 2.37. The summed E-state index contributed by atoms with van der Waals surface area (Å²) in [5.74, 6) is 0.693. The smallest absolute Gasteiger partial charge is 0.319 e. The Morgan fingerprint density at radius 2 is 1.70 bits per heavy atom. The van der Waals surface area contributed by atoms with E-state index in [1.54, 1.807) is 30.3 Å². The highest BCUT2D eigenvalue weighted by Gasteiger charge is 2.23. The number of aliphatic hydroxyl groups is 1. The molecule has 12 heteroatoms. The van der Waals surface area contributed by atoms with Gasteiger partial charge in [-0.1, -0.05) is 35.3 Å². The second-order valence-corrected chi connectivity index (χ2v) is 12.6. The summed E-state index contributed by atoms with van der Waals surface area (Å²) in [6, 6.07) is 15.0. The molecule has 198 valence electrons. The molecule has 1 heterocycles. The number of thiophene rings is 1. The first kappa shape index (κ1) is 27.7. The van der Waals surface area contributed by atoms with Crippen LogP contribution in [0.2, 0.25) is 10.0 Å². The lowest BCUT2D eigenvalue weighted by atomic mass is 9.95. The van der Waals surface area contributed by atoms with Gasteiger partial charge in [-0.2, -0.15) is 0 Å². The second-order valence-electron chi connectivity index (χ2n) is 8.60. The number of ether oxygens (including phenoxy) is 1. The van der Waals surface area contributed by atoms with E-state index in [4.69, 9.17) is 27.9 Å². The van der Waals surface area contributed by atoms with Crippen molar-refractivity contribution in [3.63, 3.8) is 0 Å². The highest BCUT2D eigenvalue weighted by molar-refractivity contribution is 7.91. The molecule has 0 unspecified atom stereocenters. The number of nitrogens with one attached hydrogen (secondary N) is 3. The number of rotatable bonds is 9. The fraction of sp³-hybridized carbons (Fsp3) is 0.320. The average Bonchev–Trinajstić information content (AvgIpc) is 3.34. The number of urea groups is 1. The van der Waals surface area contributed by atoms with Crippen molar-refractivity contribution < 1.29 is 23.1 Å². The van der Waals surface area contributed by atoms with Crippen molar-refractivity contribution in [3.8, 4) is 16.2 Å². The highest BCUT2D eigenvalue weighted by atomic mass is 35.5. The number of carbonyl (C=O) groups excluding carboxylic acids is 1. The first-order chi connectivity index (χ1) is 17.7. The quantitative estimate of drug-likeness (QED) is 0.248. The van der Waals surface area contributed by atoms with Crippen LogP contribution in [0.15, 0.2) is 58.8 Å². The molecule has 2 aromatic carbocycles. The minimum absolute atomic E-state index is 0.00647. The summed E-state index contributed by atoms with van der Waals surface area (Å²) in [5, 5.41) is 15.7. The van der Waals surface area contributed by atoms with Crippen LogP contribution in [-0.4, -0.2) is 44.9 Å². The zero-order valence-corrected chi connectivity index (χ0v) is 22.9. The summed E-state index contributed by atoms with van der Waals surface area (Å²) in [5.41, 5.74) is 1.24. The van der Waals surface area contributed by atoms with Gasteiger partial charge in [-0.25, -0.2) is 17.9 Å². The Hall–Kier alpha value is -2.34. The minimum Gasteiger partial charge on any atom is -0.490 e. The van der Waals surface area contributed by atoms with Crippen LogP contribution in [0, 0.1) is 0 Å². The lowest BCUT2D eigenvalue weighted by molar-refractivity contribution is 0.0669. The molecule has 4 rings (SSSR count). The first-order valence-corrected chi connectivity index (χ1v) is 14.8. The SMILES string of the molecule is O=C(NCCNS(=O)(=O)c1ccc(-c2ccccc2OC2CCC(O)CC2)s1)Nc1cc(Cl)cc(Cl)c1. The molecule has 0 spiro atoms. The Morgan fingerprint density at radius 1 is 1.00 bits per heavy atom. The standard InChI is InChI=1S/C25H27Cl2N3O5S2/c26-16-13-17(27)15-18(14-16)30-25(32)28-11-12-29-37(33,34)24-10-9-23(36-24)21-3-1-2-4-22(21)35-20-7-5-19(31)6-8-20/h1-4,9-10,13-15,19-20,29,31H,5-8,11-12H2,(H2,28,30,32). The molecule has 3 aromatic rings. The number of hydrogen-bond acceptors (Lipinski definition) is 6. The fourth-order valence-corrected chi connectivity index (χ4v) is 6.90. The Bertz CT molecular complexity index is 1320. The summed E-state index contributed by atoms with van der Waals surface area (Å²) >= 11 is 13.0. The van der Waals surface area contributed by atoms with E-state index < -0.39 is 16.1 Å². The molecular formula is C25H27Cl2N3O5S2. The maximum absolute atomic E-state index is 12.8. The molecule has 1 aromatic heterocycles. The monoisotopic (exact) mass is 583 g/mol. The molecule has 4 N–H and O–H groups in total. The second kappa shape index (κ2) is 12.5. The van der Waals surface area contributed by atoms with Gasteiger partial charge in [-0.3, -0.25) is 0 Å². The molecule has 0 aliphatic heterocycles. The van der Waals surface area contributed by atoms with Crippen molar-refractivity contribution in [2.45, 2.75) is 42.1 Å². The van der Waals surface area contributed by atoms with Gasteiger partial charge in [0.2, 0.25) is 10.0 Å². The van der Waals surface area contributed by atoms with Gasteiger partial charge in [0.1, 0.15) is 9.96 Å². The molecule has 1 aliphatic rings. The molecule has 1 fully saturated rings. The summed E-state index contributed by atoms with van der Waals surface area (Å²) in [6.07, 6.45) is 2.75. The molecule has 37 heavy (non-hydrogen) atoms. The van der Waals surface area contributed by atoms with Crippen LogP contribution in [0.1, 0.15) is 25.7 Å². The van der Waals surface area contributed by atoms with Gasteiger partial charge in [0.25, 0.3) is 0 Å². The lowest BCUT2D eigenvalue weighted by Crippen LogP contribution is -2.36. The number of para-hydroxylation sites is 1. The van der Waals surface area contributed by atoms with Crippen molar-refractivity contribution in [2.24, 2.45) is 0 Å². The maximum Gasteiger partial charge on any atom is 0.319 e. The molecule has 1 saturated carbocycles. The van der Waals surface area contributed by atoms with Crippen LogP contribution in [0.5, 0.6) is 5.75 Å². The first-order valence-electron chi connectivity index (χ1n) is 11.7. The third kappa shape index (κ3) is 7.83. The molecule has 0 atom stereocenters. The topological polar surface area (TPSA) is 117 Å². The van der Waals surface area contributed by atoms with E-state index >= 15 is 0 Å². The molecule has 8 nitrogen and oxygen atoms in total. The van der Waals surface area contributed by atoms with E-state index in [1.165, 1.54) is 0 Å². The third-order valence-electron chi connectivity index (χ3n) is 5.76. The van der Waals surface area contributed by atoms with Crippen molar-refractivity contribution in [1.82, 2.24) is 10.0 Å². The molecule has 0 radical (unpaired) electrons. The Morgan fingerprint density at radius 3 is 2.43 bits per heavy atom. The molecule has 1 aliphatic carbocycles. The Labute approximate surface area is 230 Å². The van der Waals surface area contributed by atoms with Gasteiger partial charge in [-0.15, -0.1) is 11.3 Å². The minimum atomic E-state index is -3.77. The Balaban J connectivity index is 1.32. The van der Waals surface area contributed by atoms with E-state index in [1.807, 2.05) is 24.3 Å². The van der Waals surface area contributed by atoms with Gasteiger partial charge in [0.15, 0.2) is 0 Å². The largest absolute Gasteiger partial charge is 0.490 e. The summed E-state index contributed by atoms with van der Waals surface area (Å²) < 4.78 is 34.5. The van der Waals surface area contributed by atoms with Crippen molar-refractivity contribution in [1.29, 1.82) is 0 Å². The van der Waals surface area contributed by atoms with Crippen LogP contribution < -0.4 is 20.1 Å². The number of amides is 2. The molecule has 2 amide bonds. The number of hydrogen-bond donors (Lipinski definition) is 4. The number of carbonyl (C=O) groups is 1. The zero-order chi connectivity index (χ0) is 26.4. The van der Waals surface area contributed by atoms with E-state index in [-0.39, 0.29) is 29.5 Å². The maximum atomic E-state index is 12.8. The zero-order valence-electron chi connectivity index (χ0n) is 19.7. The number of anilines is 1. The van der Waals surface area contributed by atoms with Gasteiger partial charge in [0, 0.05) is 39.3 Å². The van der Waals surface area contributed by atoms with Gasteiger partial charge >= 0.3 is 6.03 Å². The van der Waals surface area contributed by atoms with Gasteiger partial charge in [0.05, 0.1) is 12.2 Å². The summed E-state index contributed by atoms with van der Waals surface area (Å²) in [7, 11) is -3.77. The number of halogens is 2. The molecule has 0 saturated heterocycles. The Kier molecular flexibility index (Phi) is 9.33. The van der Waals surface area contributed by atoms with Crippen molar-refractivity contribution in [3.05, 3.63) is 64.6 Å². The number of sulfonamides is 1.